The molecule has 100 valence electrons. The normalized spacial score (nSPS) is 10.4. The second-order valence-corrected chi connectivity index (χ2v) is 3.77. The third-order valence-corrected chi connectivity index (χ3v) is 2.27. The van der Waals surface area contributed by atoms with Crippen molar-refractivity contribution >= 4 is 23.6 Å². The van der Waals surface area contributed by atoms with Gasteiger partial charge in [-0.15, -0.1) is 0 Å². The molecule has 7 nitrogen and oxygen atoms in total. The van der Waals surface area contributed by atoms with Gasteiger partial charge in [0.25, 0.3) is 5.69 Å². The van der Waals surface area contributed by atoms with Crippen LogP contribution in [-0.4, -0.2) is 40.4 Å². The molecule has 0 aliphatic carbocycles. The summed E-state index contributed by atoms with van der Waals surface area (Å²) in [5, 5.41) is 19.0. The molecule has 0 bridgehead atoms. The van der Waals surface area contributed by atoms with Crippen molar-refractivity contribution in [3.05, 3.63) is 46.0 Å². The highest BCUT2D eigenvalue weighted by Gasteiger charge is 2.08. The second kappa shape index (κ2) is 6.29. The number of benzene rings is 1. The molecule has 0 heterocycles. The highest BCUT2D eigenvalue weighted by Crippen LogP contribution is 2.12. The lowest BCUT2D eigenvalue weighted by Gasteiger charge is -2.11. The summed E-state index contributed by atoms with van der Waals surface area (Å²) in [5.41, 5.74) is 0.578. The van der Waals surface area contributed by atoms with Crippen molar-refractivity contribution in [2.45, 2.75) is 0 Å². The second-order valence-electron chi connectivity index (χ2n) is 3.77. The van der Waals surface area contributed by atoms with Gasteiger partial charge >= 0.3 is 5.97 Å². The molecule has 0 spiro atoms. The van der Waals surface area contributed by atoms with Crippen molar-refractivity contribution in [3.63, 3.8) is 0 Å². The summed E-state index contributed by atoms with van der Waals surface area (Å²) in [6, 6.07) is 5.65. The first-order valence-corrected chi connectivity index (χ1v) is 5.29. The molecule has 1 rings (SSSR count). The van der Waals surface area contributed by atoms with Crippen molar-refractivity contribution in [3.8, 4) is 0 Å². The SMILES string of the molecule is CN(CC(=O)O)C(=O)/C=C/c1ccc([N+](=O)[O-])cc1. The fraction of sp³-hybridized carbons (Fsp3) is 0.167. The summed E-state index contributed by atoms with van der Waals surface area (Å²) in [6.45, 7) is -0.385. The maximum Gasteiger partial charge on any atom is 0.323 e. The number of carboxylic acids is 1. The molecule has 7 heteroatoms. The van der Waals surface area contributed by atoms with Gasteiger partial charge in [-0.1, -0.05) is 0 Å². The van der Waals surface area contributed by atoms with Crippen LogP contribution in [0.5, 0.6) is 0 Å². The Hall–Kier alpha value is -2.70. The lowest BCUT2D eigenvalue weighted by atomic mass is 10.2. The Kier molecular flexibility index (Phi) is 4.76. The van der Waals surface area contributed by atoms with Crippen LogP contribution in [0.15, 0.2) is 30.3 Å². The zero-order valence-corrected chi connectivity index (χ0v) is 10.1. The van der Waals surface area contributed by atoms with Gasteiger partial charge in [0.2, 0.25) is 5.91 Å². The highest BCUT2D eigenvalue weighted by atomic mass is 16.6. The summed E-state index contributed by atoms with van der Waals surface area (Å²) < 4.78 is 0. The van der Waals surface area contributed by atoms with Crippen molar-refractivity contribution in [1.82, 2.24) is 4.90 Å². The quantitative estimate of drug-likeness (QED) is 0.488. The molecule has 19 heavy (non-hydrogen) atoms. The molecule has 0 saturated carbocycles. The van der Waals surface area contributed by atoms with Crippen LogP contribution in [0.2, 0.25) is 0 Å². The number of nitrogens with zero attached hydrogens (tertiary/aromatic N) is 2. The van der Waals surface area contributed by atoms with E-state index in [1.54, 1.807) is 0 Å². The number of non-ortho nitro benzene ring substituents is 1. The van der Waals surface area contributed by atoms with Crippen molar-refractivity contribution in [1.29, 1.82) is 0 Å². The first kappa shape index (κ1) is 14.4. The zero-order chi connectivity index (χ0) is 14.4. The number of aliphatic carboxylic acids is 1. The van der Waals surface area contributed by atoms with Gasteiger partial charge in [0.15, 0.2) is 0 Å². The monoisotopic (exact) mass is 264 g/mol. The molecule has 0 atom stereocenters. The Labute approximate surface area is 108 Å². The molecule has 0 aliphatic rings. The first-order chi connectivity index (χ1) is 8.90. The molecule has 0 fully saturated rings. The topological polar surface area (TPSA) is 101 Å². The van der Waals surface area contributed by atoms with E-state index in [-0.39, 0.29) is 12.2 Å². The van der Waals surface area contributed by atoms with E-state index >= 15 is 0 Å². The third-order valence-electron chi connectivity index (χ3n) is 2.27. The molecular formula is C12H12N2O5. The molecule has 0 radical (unpaired) electrons. The largest absolute Gasteiger partial charge is 0.480 e. The predicted octanol–water partition coefficient (Wildman–Crippen LogP) is 1.15. The van der Waals surface area contributed by atoms with Gasteiger partial charge < -0.3 is 10.0 Å². The molecular weight excluding hydrogens is 252 g/mol. The number of nitro benzene ring substituents is 1. The fourth-order valence-corrected chi connectivity index (χ4v) is 1.28. The van der Waals surface area contributed by atoms with Crippen molar-refractivity contribution in [2.75, 3.05) is 13.6 Å². The number of hydrogen-bond donors (Lipinski definition) is 1. The number of hydrogen-bond acceptors (Lipinski definition) is 4. The van der Waals surface area contributed by atoms with E-state index in [1.807, 2.05) is 0 Å². The van der Waals surface area contributed by atoms with Gasteiger partial charge in [0.05, 0.1) is 4.92 Å². The molecule has 1 aromatic rings. The molecule has 1 aromatic carbocycles. The Morgan fingerprint density at radius 2 is 1.95 bits per heavy atom. The maximum atomic E-state index is 11.5. The van der Waals surface area contributed by atoms with Gasteiger partial charge in [0, 0.05) is 25.3 Å². The highest BCUT2D eigenvalue weighted by molar-refractivity contribution is 5.93. The van der Waals surface area contributed by atoms with E-state index in [4.69, 9.17) is 5.11 Å². The number of nitro groups is 1. The Bertz CT molecular complexity index is 521. The smallest absolute Gasteiger partial charge is 0.323 e. The van der Waals surface area contributed by atoms with E-state index in [1.165, 1.54) is 43.5 Å². The van der Waals surface area contributed by atoms with Crippen LogP contribution in [0.3, 0.4) is 0 Å². The Morgan fingerprint density at radius 1 is 1.37 bits per heavy atom. The summed E-state index contributed by atoms with van der Waals surface area (Å²) >= 11 is 0. The zero-order valence-electron chi connectivity index (χ0n) is 10.1. The Morgan fingerprint density at radius 3 is 2.42 bits per heavy atom. The van der Waals surface area contributed by atoms with Crippen LogP contribution >= 0.6 is 0 Å². The molecule has 1 amide bonds. The minimum Gasteiger partial charge on any atom is -0.480 e. The minimum atomic E-state index is -1.10. The van der Waals surface area contributed by atoms with E-state index in [0.717, 1.165) is 4.90 Å². The number of carbonyl (C=O) groups excluding carboxylic acids is 1. The number of carboxylic acid groups (broad SMARTS) is 1. The van der Waals surface area contributed by atoms with Gasteiger partial charge in [-0.2, -0.15) is 0 Å². The molecule has 0 saturated heterocycles. The van der Waals surface area contributed by atoms with Crippen molar-refractivity contribution < 1.29 is 19.6 Å². The van der Waals surface area contributed by atoms with Crippen LogP contribution in [0, 0.1) is 10.1 Å². The summed E-state index contributed by atoms with van der Waals surface area (Å²) in [7, 11) is 1.37. The maximum absolute atomic E-state index is 11.5. The van der Waals surface area contributed by atoms with Crippen LogP contribution in [0.25, 0.3) is 6.08 Å². The molecule has 1 N–H and O–H groups in total. The summed E-state index contributed by atoms with van der Waals surface area (Å²) in [6.07, 6.45) is 2.68. The van der Waals surface area contributed by atoms with Crippen LogP contribution in [0.4, 0.5) is 5.69 Å². The van der Waals surface area contributed by atoms with Gasteiger partial charge in [-0.05, 0) is 23.8 Å². The van der Waals surface area contributed by atoms with E-state index < -0.39 is 16.8 Å². The van der Waals surface area contributed by atoms with Crippen LogP contribution < -0.4 is 0 Å². The van der Waals surface area contributed by atoms with E-state index in [9.17, 15) is 19.7 Å². The van der Waals surface area contributed by atoms with Crippen LogP contribution in [-0.2, 0) is 9.59 Å². The molecule has 0 unspecified atom stereocenters. The number of carbonyl (C=O) groups is 2. The number of likely N-dealkylation sites (N-methyl/N-ethyl adjacent to an activating group) is 1. The third kappa shape index (κ3) is 4.58. The summed E-state index contributed by atoms with van der Waals surface area (Å²) in [4.78, 5) is 32.9. The van der Waals surface area contributed by atoms with Crippen molar-refractivity contribution in [2.24, 2.45) is 0 Å². The fourth-order valence-electron chi connectivity index (χ4n) is 1.28. The number of amides is 1. The Balaban J connectivity index is 2.68. The first-order valence-electron chi connectivity index (χ1n) is 5.29. The molecule has 0 aromatic heterocycles. The van der Waals surface area contributed by atoms with Gasteiger partial charge in [0.1, 0.15) is 6.54 Å². The minimum absolute atomic E-state index is 0.0357. The standard InChI is InChI=1S/C12H12N2O5/c1-13(8-12(16)17)11(15)7-4-9-2-5-10(6-3-9)14(18)19/h2-7H,8H2,1H3,(H,16,17)/b7-4+. The summed E-state index contributed by atoms with van der Waals surface area (Å²) in [5.74, 6) is -1.56. The predicted molar refractivity (Wildman–Crippen MR) is 67.4 cm³/mol. The van der Waals surface area contributed by atoms with E-state index in [2.05, 4.69) is 0 Å². The van der Waals surface area contributed by atoms with E-state index in [0.29, 0.717) is 5.56 Å². The lowest BCUT2D eigenvalue weighted by Crippen LogP contribution is -2.30. The van der Waals surface area contributed by atoms with Gasteiger partial charge in [-0.3, -0.25) is 19.7 Å². The van der Waals surface area contributed by atoms with Crippen LogP contribution in [0.1, 0.15) is 5.56 Å². The van der Waals surface area contributed by atoms with Gasteiger partial charge in [-0.25, -0.2) is 0 Å². The lowest BCUT2D eigenvalue weighted by molar-refractivity contribution is -0.384. The number of rotatable bonds is 5. The average molecular weight is 264 g/mol. The average Bonchev–Trinajstić information content (AvgIpc) is 2.35. The molecule has 0 aliphatic heterocycles.